The zero-order valence-electron chi connectivity index (χ0n) is 11.1. The SMILES string of the molecule is C=CC(C)NC(=O)OCC1(C(C)=O)CC=CCC1. The van der Waals surface area contributed by atoms with Crippen molar-refractivity contribution >= 4 is 11.9 Å². The van der Waals surface area contributed by atoms with E-state index in [9.17, 15) is 9.59 Å². The van der Waals surface area contributed by atoms with Crippen molar-refractivity contribution in [3.8, 4) is 0 Å². The Hall–Kier alpha value is -1.58. The monoisotopic (exact) mass is 251 g/mol. The summed E-state index contributed by atoms with van der Waals surface area (Å²) in [5.74, 6) is 0.0800. The predicted molar refractivity (Wildman–Crippen MR) is 70.2 cm³/mol. The summed E-state index contributed by atoms with van der Waals surface area (Å²) in [6, 6.07) is -0.142. The Morgan fingerprint density at radius 3 is 2.78 bits per heavy atom. The number of nitrogens with one attached hydrogen (secondary N) is 1. The molecule has 1 amide bonds. The molecule has 2 atom stereocenters. The van der Waals surface area contributed by atoms with Crippen LogP contribution in [-0.4, -0.2) is 24.5 Å². The van der Waals surface area contributed by atoms with Gasteiger partial charge in [-0.2, -0.15) is 0 Å². The van der Waals surface area contributed by atoms with Crippen LogP contribution in [0.5, 0.6) is 0 Å². The number of ether oxygens (including phenoxy) is 1. The highest BCUT2D eigenvalue weighted by Gasteiger charge is 2.36. The minimum Gasteiger partial charge on any atom is -0.448 e. The molecule has 0 aromatic rings. The highest BCUT2D eigenvalue weighted by molar-refractivity contribution is 5.83. The van der Waals surface area contributed by atoms with Crippen LogP contribution in [0.1, 0.15) is 33.1 Å². The lowest BCUT2D eigenvalue weighted by Crippen LogP contribution is -2.39. The Morgan fingerprint density at radius 1 is 1.56 bits per heavy atom. The van der Waals surface area contributed by atoms with Gasteiger partial charge in [-0.1, -0.05) is 18.2 Å². The number of hydrogen-bond acceptors (Lipinski definition) is 3. The van der Waals surface area contributed by atoms with Crippen LogP contribution in [0.15, 0.2) is 24.8 Å². The van der Waals surface area contributed by atoms with Crippen molar-refractivity contribution in [2.45, 2.75) is 39.2 Å². The van der Waals surface area contributed by atoms with Gasteiger partial charge in [-0.3, -0.25) is 4.79 Å². The summed E-state index contributed by atoms with van der Waals surface area (Å²) in [6.07, 6.45) is 7.39. The standard InChI is InChI=1S/C14H21NO3/c1-4-11(2)15-13(17)18-10-14(12(3)16)8-6-5-7-9-14/h4-6,11H,1,7-10H2,2-3H3,(H,15,17). The number of carbonyl (C=O) groups excluding carboxylic acids is 2. The van der Waals surface area contributed by atoms with E-state index in [1.807, 2.05) is 6.08 Å². The van der Waals surface area contributed by atoms with Gasteiger partial charge in [-0.15, -0.1) is 6.58 Å². The molecule has 0 aromatic heterocycles. The van der Waals surface area contributed by atoms with Gasteiger partial charge in [0, 0.05) is 6.04 Å². The van der Waals surface area contributed by atoms with Gasteiger partial charge in [0.15, 0.2) is 0 Å². The van der Waals surface area contributed by atoms with E-state index in [-0.39, 0.29) is 18.4 Å². The van der Waals surface area contributed by atoms with Crippen LogP contribution in [0.25, 0.3) is 0 Å². The quantitative estimate of drug-likeness (QED) is 0.764. The van der Waals surface area contributed by atoms with Crippen LogP contribution >= 0.6 is 0 Å². The molecule has 1 aliphatic carbocycles. The Balaban J connectivity index is 2.53. The molecule has 0 fully saturated rings. The number of amides is 1. The largest absolute Gasteiger partial charge is 0.448 e. The van der Waals surface area contributed by atoms with Crippen molar-refractivity contribution < 1.29 is 14.3 Å². The van der Waals surface area contributed by atoms with E-state index < -0.39 is 11.5 Å². The van der Waals surface area contributed by atoms with Crippen molar-refractivity contribution in [2.24, 2.45) is 5.41 Å². The van der Waals surface area contributed by atoms with E-state index >= 15 is 0 Å². The summed E-state index contributed by atoms with van der Waals surface area (Å²) in [7, 11) is 0. The van der Waals surface area contributed by atoms with E-state index in [4.69, 9.17) is 4.74 Å². The second-order valence-corrected chi connectivity index (χ2v) is 4.80. The van der Waals surface area contributed by atoms with Crippen molar-refractivity contribution in [3.63, 3.8) is 0 Å². The number of ketones is 1. The minimum absolute atomic E-state index is 0.0800. The smallest absolute Gasteiger partial charge is 0.407 e. The zero-order valence-corrected chi connectivity index (χ0v) is 11.1. The van der Waals surface area contributed by atoms with Gasteiger partial charge in [0.05, 0.1) is 5.41 Å². The summed E-state index contributed by atoms with van der Waals surface area (Å²) >= 11 is 0. The molecule has 100 valence electrons. The van der Waals surface area contributed by atoms with Crippen LogP contribution in [0.4, 0.5) is 4.79 Å². The van der Waals surface area contributed by atoms with E-state index in [0.29, 0.717) is 6.42 Å². The van der Waals surface area contributed by atoms with E-state index in [1.54, 1.807) is 19.9 Å². The number of rotatable bonds is 5. The van der Waals surface area contributed by atoms with Gasteiger partial charge in [0.1, 0.15) is 12.4 Å². The summed E-state index contributed by atoms with van der Waals surface area (Å²) in [5.41, 5.74) is -0.538. The topological polar surface area (TPSA) is 55.4 Å². The number of allylic oxidation sites excluding steroid dienone is 2. The van der Waals surface area contributed by atoms with Crippen LogP contribution in [0.3, 0.4) is 0 Å². The number of hydrogen-bond donors (Lipinski definition) is 1. The maximum Gasteiger partial charge on any atom is 0.407 e. The molecule has 0 radical (unpaired) electrons. The molecule has 18 heavy (non-hydrogen) atoms. The highest BCUT2D eigenvalue weighted by atomic mass is 16.5. The normalized spacial score (nSPS) is 24.1. The van der Waals surface area contributed by atoms with Crippen LogP contribution < -0.4 is 5.32 Å². The predicted octanol–water partition coefficient (Wildman–Crippen LogP) is 2.60. The maximum absolute atomic E-state index is 11.7. The fourth-order valence-electron chi connectivity index (χ4n) is 1.93. The molecule has 0 aromatic carbocycles. The fourth-order valence-corrected chi connectivity index (χ4v) is 1.93. The summed E-state index contributed by atoms with van der Waals surface area (Å²) in [6.45, 7) is 7.08. The molecular formula is C14H21NO3. The lowest BCUT2D eigenvalue weighted by Gasteiger charge is -2.31. The van der Waals surface area contributed by atoms with E-state index in [1.165, 1.54) is 0 Å². The van der Waals surface area contributed by atoms with Gasteiger partial charge >= 0.3 is 6.09 Å². The van der Waals surface area contributed by atoms with Crippen LogP contribution in [0.2, 0.25) is 0 Å². The second-order valence-electron chi connectivity index (χ2n) is 4.80. The first kappa shape index (κ1) is 14.5. The molecule has 0 saturated heterocycles. The molecule has 1 N–H and O–H groups in total. The Bertz CT molecular complexity index is 362. The first-order valence-electron chi connectivity index (χ1n) is 6.22. The first-order chi connectivity index (χ1) is 8.50. The first-order valence-corrected chi connectivity index (χ1v) is 6.22. The Kier molecular flexibility index (Phi) is 5.13. The highest BCUT2D eigenvalue weighted by Crippen LogP contribution is 2.34. The third kappa shape index (κ3) is 3.72. The molecule has 1 aliphatic rings. The lowest BCUT2D eigenvalue weighted by atomic mass is 9.75. The Labute approximate surface area is 108 Å². The van der Waals surface area contributed by atoms with Crippen LogP contribution in [0, 0.1) is 5.41 Å². The van der Waals surface area contributed by atoms with Gasteiger partial charge in [0.2, 0.25) is 0 Å². The van der Waals surface area contributed by atoms with Crippen molar-refractivity contribution in [1.82, 2.24) is 5.32 Å². The zero-order chi connectivity index (χ0) is 13.6. The molecule has 0 bridgehead atoms. The molecule has 0 spiro atoms. The molecular weight excluding hydrogens is 230 g/mol. The summed E-state index contributed by atoms with van der Waals surface area (Å²) < 4.78 is 5.17. The number of alkyl carbamates (subject to hydrolysis) is 1. The molecule has 1 rings (SSSR count). The van der Waals surface area contributed by atoms with Gasteiger partial charge in [0.25, 0.3) is 0 Å². The fraction of sp³-hybridized carbons (Fsp3) is 0.571. The molecule has 0 saturated carbocycles. The van der Waals surface area contributed by atoms with E-state index in [0.717, 1.165) is 12.8 Å². The number of carbonyl (C=O) groups is 2. The summed E-state index contributed by atoms with van der Waals surface area (Å²) in [4.78, 5) is 23.3. The van der Waals surface area contributed by atoms with Crippen LogP contribution in [-0.2, 0) is 9.53 Å². The molecule has 2 unspecified atom stereocenters. The van der Waals surface area contributed by atoms with Crippen molar-refractivity contribution in [2.75, 3.05) is 6.61 Å². The third-order valence-electron chi connectivity index (χ3n) is 3.39. The van der Waals surface area contributed by atoms with Crippen molar-refractivity contribution in [3.05, 3.63) is 24.8 Å². The molecule has 0 aliphatic heterocycles. The van der Waals surface area contributed by atoms with Gasteiger partial charge < -0.3 is 10.1 Å². The molecule has 4 nitrogen and oxygen atoms in total. The third-order valence-corrected chi connectivity index (χ3v) is 3.39. The molecule has 0 heterocycles. The second kappa shape index (κ2) is 6.38. The summed E-state index contributed by atoms with van der Waals surface area (Å²) in [5, 5.41) is 2.62. The lowest BCUT2D eigenvalue weighted by molar-refractivity contribution is -0.129. The number of Topliss-reactive ketones (excluding diaryl/α,β-unsaturated/α-hetero) is 1. The van der Waals surface area contributed by atoms with Gasteiger partial charge in [-0.05, 0) is 33.1 Å². The minimum atomic E-state index is -0.538. The average Bonchev–Trinajstić information content (AvgIpc) is 2.37. The molecule has 4 heteroatoms. The maximum atomic E-state index is 11.7. The average molecular weight is 251 g/mol. The van der Waals surface area contributed by atoms with Crippen molar-refractivity contribution in [1.29, 1.82) is 0 Å². The van der Waals surface area contributed by atoms with Gasteiger partial charge in [-0.25, -0.2) is 4.79 Å². The Morgan fingerprint density at radius 2 is 2.28 bits per heavy atom. The van der Waals surface area contributed by atoms with E-state index in [2.05, 4.69) is 18.0 Å².